The molecule has 0 fully saturated rings. The molecule has 3 rings (SSSR count). The summed E-state index contributed by atoms with van der Waals surface area (Å²) in [5, 5.41) is 18.6. The summed E-state index contributed by atoms with van der Waals surface area (Å²) in [6.07, 6.45) is -4.72. The van der Waals surface area contributed by atoms with Crippen LogP contribution in [0, 0.1) is 6.92 Å². The zero-order chi connectivity index (χ0) is 22.1. The monoisotopic (exact) mass is 439 g/mol. The van der Waals surface area contributed by atoms with Gasteiger partial charge < -0.3 is 5.11 Å². The number of nitrogens with two attached hydrogens (primary N) is 1. The molecule has 0 aliphatic heterocycles. The third-order valence-electron chi connectivity index (χ3n) is 4.61. The van der Waals surface area contributed by atoms with Gasteiger partial charge in [0.1, 0.15) is 5.69 Å². The standard InChI is InChI=1S/C20H20F3N3O3S/c1-13-7-2-3-8-14(13)17-18(15-9-4-5-10-16(15)30(24,28)29)25-26(11-6-12-27)19(17)20(21,22)23/h2-5,7-10,27H,6,11-12H2,1H3,(H2,24,28,29). The summed E-state index contributed by atoms with van der Waals surface area (Å²) in [6.45, 7) is 1.15. The van der Waals surface area contributed by atoms with Crippen molar-refractivity contribution in [3.63, 3.8) is 0 Å². The SMILES string of the molecule is Cc1ccccc1-c1c(-c2ccccc2S(N)(=O)=O)nn(CCCO)c1C(F)(F)F. The van der Waals surface area contributed by atoms with Gasteiger partial charge in [0, 0.05) is 24.3 Å². The van der Waals surface area contributed by atoms with Gasteiger partial charge in [-0.1, -0.05) is 42.5 Å². The van der Waals surface area contributed by atoms with Crippen molar-refractivity contribution in [3.05, 3.63) is 59.8 Å². The van der Waals surface area contributed by atoms with Crippen LogP contribution in [0.3, 0.4) is 0 Å². The molecule has 1 aromatic heterocycles. The number of alkyl halides is 3. The van der Waals surface area contributed by atoms with Gasteiger partial charge in [0.05, 0.1) is 4.90 Å². The molecule has 0 aliphatic rings. The molecule has 1 heterocycles. The Morgan fingerprint density at radius 2 is 1.67 bits per heavy atom. The second kappa shape index (κ2) is 8.21. The van der Waals surface area contributed by atoms with Gasteiger partial charge in [-0.15, -0.1) is 0 Å². The van der Waals surface area contributed by atoms with E-state index in [2.05, 4.69) is 5.10 Å². The lowest BCUT2D eigenvalue weighted by atomic mass is 9.95. The Morgan fingerprint density at radius 3 is 2.23 bits per heavy atom. The molecule has 0 atom stereocenters. The first-order valence-electron chi connectivity index (χ1n) is 9.02. The summed E-state index contributed by atoms with van der Waals surface area (Å²) in [7, 11) is -4.22. The molecule has 0 bridgehead atoms. The fraction of sp³-hybridized carbons (Fsp3) is 0.250. The number of benzene rings is 2. The molecule has 0 unspecified atom stereocenters. The Bertz CT molecular complexity index is 1170. The average molecular weight is 439 g/mol. The maximum atomic E-state index is 14.2. The summed E-state index contributed by atoms with van der Waals surface area (Å²) in [4.78, 5) is -0.319. The number of halogens is 3. The highest BCUT2D eigenvalue weighted by molar-refractivity contribution is 7.89. The van der Waals surface area contributed by atoms with Crippen molar-refractivity contribution < 1.29 is 26.7 Å². The highest BCUT2D eigenvalue weighted by Crippen LogP contribution is 2.44. The number of aryl methyl sites for hydroxylation is 2. The van der Waals surface area contributed by atoms with Crippen LogP contribution in [0.15, 0.2) is 53.4 Å². The van der Waals surface area contributed by atoms with Crippen LogP contribution in [0.5, 0.6) is 0 Å². The lowest BCUT2D eigenvalue weighted by Crippen LogP contribution is -2.16. The topological polar surface area (TPSA) is 98.2 Å². The Morgan fingerprint density at radius 1 is 1.07 bits per heavy atom. The van der Waals surface area contributed by atoms with Crippen molar-refractivity contribution in [2.45, 2.75) is 31.0 Å². The first-order valence-corrected chi connectivity index (χ1v) is 10.6. The maximum Gasteiger partial charge on any atom is 0.433 e. The highest BCUT2D eigenvalue weighted by atomic mass is 32.2. The van der Waals surface area contributed by atoms with Crippen molar-refractivity contribution in [3.8, 4) is 22.4 Å². The summed E-state index contributed by atoms with van der Waals surface area (Å²) in [5.41, 5.74) is -0.553. The normalized spacial score (nSPS) is 12.3. The molecular formula is C20H20F3N3O3S. The first kappa shape index (κ1) is 22.0. The molecule has 10 heteroatoms. The number of rotatable bonds is 6. The summed E-state index contributed by atoms with van der Waals surface area (Å²) < 4.78 is 67.4. The number of sulfonamides is 1. The molecule has 0 saturated heterocycles. The van der Waals surface area contributed by atoms with Gasteiger partial charge in [-0.25, -0.2) is 13.6 Å². The first-order chi connectivity index (χ1) is 14.1. The number of primary sulfonamides is 1. The Labute approximate surface area is 171 Å². The van der Waals surface area contributed by atoms with Crippen LogP contribution < -0.4 is 5.14 Å². The van der Waals surface area contributed by atoms with Crippen molar-refractivity contribution in [1.29, 1.82) is 0 Å². The minimum Gasteiger partial charge on any atom is -0.396 e. The fourth-order valence-electron chi connectivity index (χ4n) is 3.34. The molecule has 3 N–H and O–H groups in total. The molecule has 0 aliphatic carbocycles. The van der Waals surface area contributed by atoms with E-state index in [0.29, 0.717) is 5.56 Å². The molecule has 30 heavy (non-hydrogen) atoms. The molecule has 160 valence electrons. The van der Waals surface area contributed by atoms with Gasteiger partial charge in [0.25, 0.3) is 0 Å². The third-order valence-corrected chi connectivity index (χ3v) is 5.58. The summed E-state index contributed by atoms with van der Waals surface area (Å²) in [6, 6.07) is 12.0. The van der Waals surface area contributed by atoms with Gasteiger partial charge in [0.2, 0.25) is 10.0 Å². The van der Waals surface area contributed by atoms with Gasteiger partial charge >= 0.3 is 6.18 Å². The predicted molar refractivity (Wildman–Crippen MR) is 106 cm³/mol. The second-order valence-corrected chi connectivity index (χ2v) is 8.26. The molecule has 0 saturated carbocycles. The van der Waals surface area contributed by atoms with E-state index >= 15 is 0 Å². The van der Waals surface area contributed by atoms with Crippen LogP contribution in [0.2, 0.25) is 0 Å². The van der Waals surface area contributed by atoms with Crippen molar-refractivity contribution in [2.24, 2.45) is 5.14 Å². The molecule has 0 amide bonds. The van der Waals surface area contributed by atoms with E-state index in [1.54, 1.807) is 25.1 Å². The molecule has 6 nitrogen and oxygen atoms in total. The minimum absolute atomic E-state index is 0.0218. The van der Waals surface area contributed by atoms with E-state index in [0.717, 1.165) is 4.68 Å². The fourth-order valence-corrected chi connectivity index (χ4v) is 4.08. The summed E-state index contributed by atoms with van der Waals surface area (Å²) in [5.74, 6) is 0. The van der Waals surface area contributed by atoms with E-state index in [9.17, 15) is 21.6 Å². The number of aliphatic hydroxyl groups is 1. The number of hydrogen-bond donors (Lipinski definition) is 2. The zero-order valence-corrected chi connectivity index (χ0v) is 16.8. The van der Waals surface area contributed by atoms with Crippen LogP contribution in [0.4, 0.5) is 13.2 Å². The molecule has 0 radical (unpaired) electrons. The van der Waals surface area contributed by atoms with E-state index < -0.39 is 21.9 Å². The number of hydrogen-bond acceptors (Lipinski definition) is 4. The van der Waals surface area contributed by atoms with Gasteiger partial charge in [-0.3, -0.25) is 4.68 Å². The highest BCUT2D eigenvalue weighted by Gasteiger charge is 2.41. The third kappa shape index (κ3) is 4.25. The van der Waals surface area contributed by atoms with Gasteiger partial charge in [-0.05, 0) is 30.5 Å². The maximum absolute atomic E-state index is 14.2. The lowest BCUT2D eigenvalue weighted by molar-refractivity contribution is -0.143. The smallest absolute Gasteiger partial charge is 0.396 e. The Kier molecular flexibility index (Phi) is 6.02. The molecule has 3 aromatic rings. The van der Waals surface area contributed by atoms with E-state index in [-0.39, 0.29) is 46.9 Å². The largest absolute Gasteiger partial charge is 0.433 e. The van der Waals surface area contributed by atoms with Crippen molar-refractivity contribution in [1.82, 2.24) is 9.78 Å². The minimum atomic E-state index is -4.77. The zero-order valence-electron chi connectivity index (χ0n) is 16.0. The van der Waals surface area contributed by atoms with Crippen LogP contribution >= 0.6 is 0 Å². The Hall–Kier alpha value is -2.69. The number of nitrogens with zero attached hydrogens (tertiary/aromatic N) is 2. The van der Waals surface area contributed by atoms with Crippen LogP contribution in [-0.4, -0.2) is 29.9 Å². The molecular weight excluding hydrogens is 419 g/mol. The predicted octanol–water partition coefficient (Wildman–Crippen LogP) is 3.57. The van der Waals surface area contributed by atoms with E-state index in [1.807, 2.05) is 0 Å². The Balaban J connectivity index is 2.46. The van der Waals surface area contributed by atoms with Crippen LogP contribution in [0.1, 0.15) is 17.7 Å². The quantitative estimate of drug-likeness (QED) is 0.613. The van der Waals surface area contributed by atoms with E-state index in [1.165, 1.54) is 30.3 Å². The van der Waals surface area contributed by atoms with Gasteiger partial charge in [-0.2, -0.15) is 18.3 Å². The van der Waals surface area contributed by atoms with Crippen molar-refractivity contribution in [2.75, 3.05) is 6.61 Å². The van der Waals surface area contributed by atoms with Crippen LogP contribution in [0.25, 0.3) is 22.4 Å². The van der Waals surface area contributed by atoms with Crippen LogP contribution in [-0.2, 0) is 22.7 Å². The van der Waals surface area contributed by atoms with Crippen molar-refractivity contribution >= 4 is 10.0 Å². The van der Waals surface area contributed by atoms with E-state index in [4.69, 9.17) is 10.2 Å². The number of aliphatic hydroxyl groups excluding tert-OH is 1. The second-order valence-electron chi connectivity index (χ2n) is 6.73. The average Bonchev–Trinajstić information content (AvgIpc) is 3.05. The lowest BCUT2D eigenvalue weighted by Gasteiger charge is -2.14. The molecule has 2 aromatic carbocycles. The van der Waals surface area contributed by atoms with Gasteiger partial charge in [0.15, 0.2) is 5.69 Å². The number of aromatic nitrogens is 2. The summed E-state index contributed by atoms with van der Waals surface area (Å²) >= 11 is 0. The molecule has 0 spiro atoms.